The molecule has 1 aliphatic rings. The number of nitrogens with zero attached hydrogens (tertiary/aromatic N) is 2. The van der Waals surface area contributed by atoms with E-state index in [9.17, 15) is 9.59 Å². The van der Waals surface area contributed by atoms with Gasteiger partial charge in [0.1, 0.15) is 0 Å². The number of hydrogen-bond acceptors (Lipinski definition) is 3. The predicted octanol–water partition coefficient (Wildman–Crippen LogP) is 2.53. The monoisotopic (exact) mass is 368 g/mol. The van der Waals surface area contributed by atoms with Gasteiger partial charge < -0.3 is 15.2 Å². The molecule has 2 aromatic rings. The molecule has 3 rings (SSSR count). The van der Waals surface area contributed by atoms with Crippen LogP contribution in [0.1, 0.15) is 35.7 Å². The van der Waals surface area contributed by atoms with E-state index in [-0.39, 0.29) is 24.4 Å². The molecule has 0 unspecified atom stereocenters. The molecule has 0 spiro atoms. The van der Waals surface area contributed by atoms with Gasteiger partial charge in [0.2, 0.25) is 11.8 Å². The van der Waals surface area contributed by atoms with Gasteiger partial charge in [0.25, 0.3) is 0 Å². The Balaban J connectivity index is 1.51. The second-order valence-corrected chi connectivity index (χ2v) is 7.26. The topological polar surface area (TPSA) is 66.4 Å². The van der Waals surface area contributed by atoms with Crippen molar-refractivity contribution in [3.8, 4) is 0 Å². The van der Waals surface area contributed by atoms with Crippen molar-refractivity contribution in [1.82, 2.24) is 14.8 Å². The van der Waals surface area contributed by atoms with Crippen LogP contribution in [0.25, 0.3) is 0 Å². The molecule has 2 N–H and O–H groups in total. The predicted molar refractivity (Wildman–Crippen MR) is 107 cm³/mol. The number of aromatic nitrogens is 1. The van der Waals surface area contributed by atoms with E-state index in [1.807, 2.05) is 51.4 Å². The zero-order chi connectivity index (χ0) is 19.4. The number of anilines is 1. The molecule has 6 nitrogen and oxygen atoms in total. The van der Waals surface area contributed by atoms with Gasteiger partial charge in [0.15, 0.2) is 0 Å². The van der Waals surface area contributed by atoms with Gasteiger partial charge in [-0.2, -0.15) is 0 Å². The van der Waals surface area contributed by atoms with Crippen LogP contribution in [0, 0.1) is 13.8 Å². The minimum absolute atomic E-state index is 0.0186. The zero-order valence-electron chi connectivity index (χ0n) is 16.3. The lowest BCUT2D eigenvalue weighted by atomic mass is 10.1. The summed E-state index contributed by atoms with van der Waals surface area (Å²) in [5.74, 6) is -0.325. The minimum atomic E-state index is -0.207. The van der Waals surface area contributed by atoms with Crippen LogP contribution in [0.5, 0.6) is 0 Å². The molecule has 0 saturated carbocycles. The van der Waals surface area contributed by atoms with Crippen molar-refractivity contribution in [2.45, 2.75) is 32.7 Å². The van der Waals surface area contributed by atoms with E-state index in [1.54, 1.807) is 0 Å². The Hall–Kier alpha value is -2.60. The molecule has 27 heavy (non-hydrogen) atoms. The number of aryl methyl sites for hydroxylation is 3. The zero-order valence-corrected chi connectivity index (χ0v) is 16.3. The van der Waals surface area contributed by atoms with Crippen LogP contribution in [0.3, 0.4) is 0 Å². The number of carbonyl (C=O) groups is 2. The highest BCUT2D eigenvalue weighted by Crippen LogP contribution is 2.31. The summed E-state index contributed by atoms with van der Waals surface area (Å²) in [5, 5.41) is 5.65. The van der Waals surface area contributed by atoms with Crippen LogP contribution in [0.15, 0.2) is 36.5 Å². The molecule has 2 amide bonds. The summed E-state index contributed by atoms with van der Waals surface area (Å²) in [7, 11) is 2.03. The fourth-order valence-electron chi connectivity index (χ4n) is 3.79. The molecule has 144 valence electrons. The summed E-state index contributed by atoms with van der Waals surface area (Å²) >= 11 is 0. The number of nitrogens with one attached hydrogen (secondary N) is 2. The maximum absolute atomic E-state index is 12.4. The molecular weight excluding hydrogens is 340 g/mol. The highest BCUT2D eigenvalue weighted by Gasteiger charge is 2.28. The quantitative estimate of drug-likeness (QED) is 0.823. The molecule has 1 atom stereocenters. The van der Waals surface area contributed by atoms with Crippen molar-refractivity contribution in [3.05, 3.63) is 53.3 Å². The average molecular weight is 368 g/mol. The Bertz CT molecular complexity index is 807. The van der Waals surface area contributed by atoms with Crippen LogP contribution in [-0.2, 0) is 16.6 Å². The van der Waals surface area contributed by atoms with E-state index in [0.717, 1.165) is 36.2 Å². The van der Waals surface area contributed by atoms with Crippen LogP contribution >= 0.6 is 0 Å². The summed E-state index contributed by atoms with van der Waals surface area (Å²) in [6, 6.07) is 10.3. The highest BCUT2D eigenvalue weighted by atomic mass is 16.2. The summed E-state index contributed by atoms with van der Waals surface area (Å²) in [6.07, 6.45) is 4.16. The molecule has 0 radical (unpaired) electrons. The molecule has 0 bridgehead atoms. The van der Waals surface area contributed by atoms with Crippen LogP contribution < -0.4 is 10.6 Å². The smallest absolute Gasteiger partial charge is 0.243 e. The maximum Gasteiger partial charge on any atom is 0.243 e. The average Bonchev–Trinajstić information content (AvgIpc) is 3.25. The largest absolute Gasteiger partial charge is 0.353 e. The third-order valence-electron chi connectivity index (χ3n) is 5.23. The number of likely N-dealkylation sites (tertiary alicyclic amines) is 1. The molecular formula is C21H28N4O2. The standard InChI is InChI=1S/C21H28N4O2/c1-15-7-4-8-16(2)21(15)23-19(26)13-22-20(27)14-25-12-6-10-18(25)17-9-5-11-24(17)3/h4-5,7-9,11,18H,6,10,12-14H2,1-3H3,(H,22,27)(H,23,26)/t18-/m0/s1. The first-order valence-electron chi connectivity index (χ1n) is 9.43. The van der Waals surface area contributed by atoms with Gasteiger partial charge in [-0.1, -0.05) is 18.2 Å². The van der Waals surface area contributed by atoms with Crippen LogP contribution in [0.4, 0.5) is 5.69 Å². The normalized spacial score (nSPS) is 17.1. The van der Waals surface area contributed by atoms with Crippen molar-refractivity contribution >= 4 is 17.5 Å². The first-order chi connectivity index (χ1) is 13.0. The molecule has 1 aliphatic heterocycles. The van der Waals surface area contributed by atoms with E-state index in [4.69, 9.17) is 0 Å². The number of para-hydroxylation sites is 1. The SMILES string of the molecule is Cc1cccc(C)c1NC(=O)CNC(=O)CN1CCC[C@H]1c1cccn1C. The number of hydrogen-bond donors (Lipinski definition) is 2. The third-order valence-corrected chi connectivity index (χ3v) is 5.23. The lowest BCUT2D eigenvalue weighted by molar-refractivity contribution is -0.125. The second kappa shape index (κ2) is 8.39. The van der Waals surface area contributed by atoms with E-state index in [2.05, 4.69) is 26.2 Å². The highest BCUT2D eigenvalue weighted by molar-refractivity contribution is 5.95. The molecule has 0 aliphatic carbocycles. The van der Waals surface area contributed by atoms with Gasteiger partial charge >= 0.3 is 0 Å². The first-order valence-corrected chi connectivity index (χ1v) is 9.43. The molecule has 6 heteroatoms. The minimum Gasteiger partial charge on any atom is -0.353 e. The maximum atomic E-state index is 12.4. The fourth-order valence-corrected chi connectivity index (χ4v) is 3.79. The van der Waals surface area contributed by atoms with Gasteiger partial charge in [-0.15, -0.1) is 0 Å². The molecule has 2 heterocycles. The Morgan fingerprint density at radius 2 is 1.85 bits per heavy atom. The molecule has 1 aromatic heterocycles. The summed E-state index contributed by atoms with van der Waals surface area (Å²) in [4.78, 5) is 26.8. The number of amides is 2. The van der Waals surface area contributed by atoms with Crippen molar-refractivity contribution in [2.75, 3.05) is 25.0 Å². The van der Waals surface area contributed by atoms with Gasteiger partial charge in [-0.3, -0.25) is 14.5 Å². The Morgan fingerprint density at radius 1 is 1.11 bits per heavy atom. The van der Waals surface area contributed by atoms with Gasteiger partial charge in [-0.25, -0.2) is 0 Å². The summed E-state index contributed by atoms with van der Waals surface area (Å²) in [6.45, 7) is 5.11. The summed E-state index contributed by atoms with van der Waals surface area (Å²) in [5.41, 5.74) is 4.07. The van der Waals surface area contributed by atoms with E-state index >= 15 is 0 Å². The number of rotatable bonds is 6. The Kier molecular flexibility index (Phi) is 5.96. The molecule has 1 saturated heterocycles. The Morgan fingerprint density at radius 3 is 2.52 bits per heavy atom. The van der Waals surface area contributed by atoms with Crippen LogP contribution in [0.2, 0.25) is 0 Å². The number of benzene rings is 1. The van der Waals surface area contributed by atoms with E-state index < -0.39 is 0 Å². The first kappa shape index (κ1) is 19.2. The summed E-state index contributed by atoms with van der Waals surface area (Å²) < 4.78 is 2.11. The molecule has 1 fully saturated rings. The lowest BCUT2D eigenvalue weighted by Crippen LogP contribution is -2.40. The van der Waals surface area contributed by atoms with Crippen molar-refractivity contribution in [2.24, 2.45) is 7.05 Å². The van der Waals surface area contributed by atoms with Crippen molar-refractivity contribution < 1.29 is 9.59 Å². The number of carbonyl (C=O) groups excluding carboxylic acids is 2. The lowest BCUT2D eigenvalue weighted by Gasteiger charge is -2.24. The Labute approximate surface area is 160 Å². The fraction of sp³-hybridized carbons (Fsp3) is 0.429. The van der Waals surface area contributed by atoms with Gasteiger partial charge in [0, 0.05) is 24.6 Å². The third kappa shape index (κ3) is 4.57. The second-order valence-electron chi connectivity index (χ2n) is 7.26. The van der Waals surface area contributed by atoms with Gasteiger partial charge in [-0.05, 0) is 56.5 Å². The molecule has 1 aromatic carbocycles. The van der Waals surface area contributed by atoms with Crippen molar-refractivity contribution in [1.29, 1.82) is 0 Å². The van der Waals surface area contributed by atoms with E-state index in [1.165, 1.54) is 5.69 Å². The van der Waals surface area contributed by atoms with Crippen molar-refractivity contribution in [3.63, 3.8) is 0 Å². The van der Waals surface area contributed by atoms with Gasteiger partial charge in [0.05, 0.1) is 19.1 Å². The van der Waals surface area contributed by atoms with E-state index in [0.29, 0.717) is 6.54 Å². The van der Waals surface area contributed by atoms with Crippen LogP contribution in [-0.4, -0.2) is 40.9 Å².